The number of benzene rings is 2. The monoisotopic (exact) mass is 548 g/mol. The highest BCUT2D eigenvalue weighted by Crippen LogP contribution is 2.41. The third-order valence-corrected chi connectivity index (χ3v) is 7.76. The van der Waals surface area contributed by atoms with Gasteiger partial charge in [0.25, 0.3) is 0 Å². The second-order valence-corrected chi connectivity index (χ2v) is 10.0. The smallest absolute Gasteiger partial charge is 0.160 e. The Morgan fingerprint density at radius 1 is 0.976 bits per heavy atom. The van der Waals surface area contributed by atoms with Crippen molar-refractivity contribution in [3.8, 4) is 23.5 Å². The number of nitrogens with zero attached hydrogens (tertiary/aromatic N) is 7. The summed E-state index contributed by atoms with van der Waals surface area (Å²) in [6.45, 7) is 10.0. The number of aryl methyl sites for hydroxylation is 2. The summed E-state index contributed by atoms with van der Waals surface area (Å²) in [5.41, 5.74) is 11.8. The summed E-state index contributed by atoms with van der Waals surface area (Å²) < 4.78 is 18.2. The standard InChI is InChI=1S/C32H33FN8/c1-4-23-24(18-34)26(19-35)38-31-28(23)29(30(36)40(31)16-10-15-39(5-2)6-3)32-37-25-13-7-8-14-27(25)41(32)20-21-11-9-12-22(33)17-21/h7-9,11-14,17H,4-6,10,15-16,20,36H2,1-3H3. The second-order valence-electron chi connectivity index (χ2n) is 10.0. The molecule has 0 bridgehead atoms. The van der Waals surface area contributed by atoms with Gasteiger partial charge in [-0.2, -0.15) is 10.5 Å². The predicted molar refractivity (Wildman–Crippen MR) is 160 cm³/mol. The first-order chi connectivity index (χ1) is 19.9. The van der Waals surface area contributed by atoms with Gasteiger partial charge in [-0.25, -0.2) is 14.4 Å². The Morgan fingerprint density at radius 3 is 2.44 bits per heavy atom. The zero-order valence-corrected chi connectivity index (χ0v) is 23.7. The summed E-state index contributed by atoms with van der Waals surface area (Å²) in [6.07, 6.45) is 1.34. The van der Waals surface area contributed by atoms with Crippen LogP contribution in [0.1, 0.15) is 49.6 Å². The lowest BCUT2D eigenvalue weighted by atomic mass is 9.99. The second kappa shape index (κ2) is 11.8. The van der Waals surface area contributed by atoms with E-state index in [1.165, 1.54) is 12.1 Å². The molecule has 0 aliphatic heterocycles. The first-order valence-electron chi connectivity index (χ1n) is 14.0. The molecular weight excluding hydrogens is 515 g/mol. The van der Waals surface area contributed by atoms with E-state index in [1.807, 2.05) is 46.4 Å². The van der Waals surface area contributed by atoms with Gasteiger partial charge in [-0.15, -0.1) is 0 Å². The quantitative estimate of drug-likeness (QED) is 0.234. The van der Waals surface area contributed by atoms with Gasteiger partial charge in [0.1, 0.15) is 35.2 Å². The van der Waals surface area contributed by atoms with Crippen LogP contribution < -0.4 is 5.73 Å². The van der Waals surface area contributed by atoms with E-state index in [-0.39, 0.29) is 17.1 Å². The summed E-state index contributed by atoms with van der Waals surface area (Å²) in [5, 5.41) is 20.7. The number of nitrogen functional groups attached to an aromatic ring is 1. The highest BCUT2D eigenvalue weighted by molar-refractivity contribution is 6.04. The zero-order valence-electron chi connectivity index (χ0n) is 23.7. The Hall–Kier alpha value is -4.73. The van der Waals surface area contributed by atoms with Crippen LogP contribution in [0.3, 0.4) is 0 Å². The molecule has 0 atom stereocenters. The first-order valence-corrected chi connectivity index (χ1v) is 14.0. The molecule has 2 aromatic carbocycles. The molecular formula is C32H33FN8. The highest BCUT2D eigenvalue weighted by Gasteiger charge is 2.28. The van der Waals surface area contributed by atoms with Gasteiger partial charge in [0.2, 0.25) is 0 Å². The molecule has 5 rings (SSSR count). The molecule has 0 saturated heterocycles. The molecule has 0 radical (unpaired) electrons. The summed E-state index contributed by atoms with van der Waals surface area (Å²) in [4.78, 5) is 12.1. The van der Waals surface area contributed by atoms with Gasteiger partial charge in [-0.3, -0.25) is 0 Å². The number of hydrogen-bond acceptors (Lipinski definition) is 6. The third-order valence-electron chi connectivity index (χ3n) is 7.76. The van der Waals surface area contributed by atoms with Crippen LogP contribution in [-0.2, 0) is 19.5 Å². The average Bonchev–Trinajstić information content (AvgIpc) is 3.47. The molecule has 9 heteroatoms. The molecule has 2 N–H and O–H groups in total. The van der Waals surface area contributed by atoms with Crippen LogP contribution >= 0.6 is 0 Å². The number of imidazole rings is 1. The number of rotatable bonds is 10. The van der Waals surface area contributed by atoms with Gasteiger partial charge in [-0.1, -0.05) is 45.0 Å². The zero-order chi connectivity index (χ0) is 29.1. The van der Waals surface area contributed by atoms with Crippen LogP contribution in [-0.4, -0.2) is 43.6 Å². The minimum atomic E-state index is -0.307. The van der Waals surface area contributed by atoms with Crippen LogP contribution in [0.4, 0.5) is 10.2 Å². The maximum absolute atomic E-state index is 14.2. The fourth-order valence-electron chi connectivity index (χ4n) is 5.70. The van der Waals surface area contributed by atoms with E-state index in [2.05, 4.69) is 30.9 Å². The number of fused-ring (bicyclic) bond motifs is 2. The highest BCUT2D eigenvalue weighted by atomic mass is 19.1. The minimum Gasteiger partial charge on any atom is -0.384 e. The Kier molecular flexibility index (Phi) is 8.00. The van der Waals surface area contributed by atoms with Crippen molar-refractivity contribution in [2.75, 3.05) is 25.4 Å². The van der Waals surface area contributed by atoms with E-state index in [0.29, 0.717) is 42.4 Å². The van der Waals surface area contributed by atoms with Gasteiger partial charge in [0.05, 0.1) is 22.2 Å². The molecule has 41 heavy (non-hydrogen) atoms. The minimum absolute atomic E-state index is 0.0964. The molecule has 0 fully saturated rings. The molecule has 208 valence electrons. The van der Waals surface area contributed by atoms with Crippen LogP contribution in [0.5, 0.6) is 0 Å². The summed E-state index contributed by atoms with van der Waals surface area (Å²) in [6, 6.07) is 18.7. The molecule has 0 unspecified atom stereocenters. The molecule has 0 spiro atoms. The van der Waals surface area contributed by atoms with E-state index in [0.717, 1.165) is 53.6 Å². The lowest BCUT2D eigenvalue weighted by Crippen LogP contribution is -2.25. The maximum Gasteiger partial charge on any atom is 0.160 e. The number of para-hydroxylation sites is 2. The van der Waals surface area contributed by atoms with Crippen molar-refractivity contribution in [1.82, 2.24) is 24.0 Å². The van der Waals surface area contributed by atoms with Gasteiger partial charge in [0.15, 0.2) is 5.69 Å². The largest absolute Gasteiger partial charge is 0.384 e. The van der Waals surface area contributed by atoms with Gasteiger partial charge < -0.3 is 19.8 Å². The van der Waals surface area contributed by atoms with Crippen molar-refractivity contribution in [3.05, 3.63) is 76.7 Å². The van der Waals surface area contributed by atoms with Crippen LogP contribution in [0.15, 0.2) is 48.5 Å². The van der Waals surface area contributed by atoms with Crippen molar-refractivity contribution in [2.24, 2.45) is 0 Å². The first kappa shape index (κ1) is 27.8. The number of halogens is 1. The normalized spacial score (nSPS) is 11.4. The molecule has 3 aromatic heterocycles. The molecule has 0 aliphatic carbocycles. The van der Waals surface area contributed by atoms with Gasteiger partial charge in [-0.05, 0) is 67.9 Å². The third kappa shape index (κ3) is 5.01. The fraction of sp³-hybridized carbons (Fsp3) is 0.312. The summed E-state index contributed by atoms with van der Waals surface area (Å²) in [7, 11) is 0. The van der Waals surface area contributed by atoms with Crippen LogP contribution in [0.25, 0.3) is 33.5 Å². The molecule has 3 heterocycles. The van der Waals surface area contributed by atoms with E-state index in [4.69, 9.17) is 15.7 Å². The maximum atomic E-state index is 14.2. The SMILES string of the molecule is CCc1c(C#N)c(C#N)nc2c1c(-c1nc3ccccc3n1Cc1cccc(F)c1)c(N)n2CCCN(CC)CC. The summed E-state index contributed by atoms with van der Waals surface area (Å²) >= 11 is 0. The van der Waals surface area contributed by atoms with Crippen molar-refractivity contribution in [2.45, 2.75) is 46.7 Å². The topological polar surface area (TPSA) is 112 Å². The number of hydrogen-bond donors (Lipinski definition) is 1. The lowest BCUT2D eigenvalue weighted by Gasteiger charge is -2.18. The van der Waals surface area contributed by atoms with E-state index in [9.17, 15) is 14.9 Å². The van der Waals surface area contributed by atoms with E-state index < -0.39 is 0 Å². The number of anilines is 1. The van der Waals surface area contributed by atoms with E-state index in [1.54, 1.807) is 6.07 Å². The van der Waals surface area contributed by atoms with Crippen molar-refractivity contribution >= 4 is 27.9 Å². The lowest BCUT2D eigenvalue weighted by molar-refractivity contribution is 0.294. The number of aromatic nitrogens is 4. The molecule has 8 nitrogen and oxygen atoms in total. The van der Waals surface area contributed by atoms with Crippen molar-refractivity contribution in [3.63, 3.8) is 0 Å². The van der Waals surface area contributed by atoms with E-state index >= 15 is 0 Å². The van der Waals surface area contributed by atoms with Crippen molar-refractivity contribution < 1.29 is 4.39 Å². The van der Waals surface area contributed by atoms with Crippen LogP contribution in [0.2, 0.25) is 0 Å². The summed E-state index contributed by atoms with van der Waals surface area (Å²) in [5.74, 6) is 0.792. The molecule has 5 aromatic rings. The Labute approximate surface area is 239 Å². The number of pyridine rings is 1. The number of nitriles is 2. The number of nitrogens with two attached hydrogens (primary N) is 1. The van der Waals surface area contributed by atoms with Gasteiger partial charge in [0, 0.05) is 18.5 Å². The van der Waals surface area contributed by atoms with Crippen molar-refractivity contribution in [1.29, 1.82) is 10.5 Å². The fourth-order valence-corrected chi connectivity index (χ4v) is 5.70. The Balaban J connectivity index is 1.80. The Morgan fingerprint density at radius 2 is 1.76 bits per heavy atom. The molecule has 0 aliphatic rings. The Bertz CT molecular complexity index is 1810. The average molecular weight is 549 g/mol. The molecule has 0 amide bonds. The predicted octanol–water partition coefficient (Wildman–Crippen LogP) is 5.86. The molecule has 0 saturated carbocycles. The van der Waals surface area contributed by atoms with Crippen LogP contribution in [0, 0.1) is 28.5 Å². The van der Waals surface area contributed by atoms with Gasteiger partial charge >= 0.3 is 0 Å².